The summed E-state index contributed by atoms with van der Waals surface area (Å²) in [5, 5.41) is 11.3. The van der Waals surface area contributed by atoms with Gasteiger partial charge in [-0.3, -0.25) is 14.3 Å². The maximum Gasteiger partial charge on any atom is 0.573 e. The number of aromatic nitrogens is 3. The molecule has 1 saturated heterocycles. The van der Waals surface area contributed by atoms with Gasteiger partial charge in [-0.05, 0) is 55.0 Å². The number of nitrogens with zero attached hydrogens (tertiary/aromatic N) is 4. The van der Waals surface area contributed by atoms with E-state index in [9.17, 15) is 23.1 Å². The van der Waals surface area contributed by atoms with E-state index in [2.05, 4.69) is 9.72 Å². The lowest BCUT2D eigenvalue weighted by Gasteiger charge is -2.24. The SMILES string of the molecule is COc1cncc(C2(O)CCN(C(=O)c3ccc4c(c3)nc(C(C)C)n4-c3ccc(OC(F)(F)F)cc3)C2)c1. The van der Waals surface area contributed by atoms with Gasteiger partial charge in [0.15, 0.2) is 0 Å². The van der Waals surface area contributed by atoms with Crippen molar-refractivity contribution in [2.75, 3.05) is 20.2 Å². The van der Waals surface area contributed by atoms with Crippen LogP contribution in [-0.4, -0.2) is 57.0 Å². The van der Waals surface area contributed by atoms with Crippen LogP contribution in [0.1, 0.15) is 47.9 Å². The summed E-state index contributed by atoms with van der Waals surface area (Å²) in [6.07, 6.45) is -1.29. The van der Waals surface area contributed by atoms with E-state index in [1.165, 1.54) is 31.4 Å². The first-order valence-electron chi connectivity index (χ1n) is 12.4. The number of aliphatic hydroxyl groups is 1. The number of alkyl halides is 3. The monoisotopic (exact) mass is 540 g/mol. The second kappa shape index (κ2) is 9.88. The Labute approximate surface area is 222 Å². The lowest BCUT2D eigenvalue weighted by atomic mass is 9.94. The molecule has 1 amide bonds. The third-order valence-electron chi connectivity index (χ3n) is 6.79. The average Bonchev–Trinajstić information content (AvgIpc) is 3.49. The van der Waals surface area contributed by atoms with Crippen molar-refractivity contribution in [2.45, 2.75) is 38.1 Å². The van der Waals surface area contributed by atoms with Gasteiger partial charge in [0.2, 0.25) is 0 Å². The van der Waals surface area contributed by atoms with Crippen LogP contribution in [0.15, 0.2) is 60.9 Å². The van der Waals surface area contributed by atoms with Gasteiger partial charge in [-0.15, -0.1) is 13.2 Å². The minimum atomic E-state index is -4.77. The van der Waals surface area contributed by atoms with Crippen molar-refractivity contribution < 1.29 is 32.5 Å². The van der Waals surface area contributed by atoms with Gasteiger partial charge in [0.25, 0.3) is 5.91 Å². The number of hydrogen-bond acceptors (Lipinski definition) is 6. The molecule has 1 aliphatic rings. The Bertz CT molecular complexity index is 1520. The lowest BCUT2D eigenvalue weighted by molar-refractivity contribution is -0.274. The molecule has 2 aromatic carbocycles. The van der Waals surface area contributed by atoms with E-state index in [0.717, 1.165) is 0 Å². The second-order valence-corrected chi connectivity index (χ2v) is 9.83. The van der Waals surface area contributed by atoms with Gasteiger partial charge >= 0.3 is 6.36 Å². The van der Waals surface area contributed by atoms with Gasteiger partial charge in [0, 0.05) is 35.5 Å². The lowest BCUT2D eigenvalue weighted by Crippen LogP contribution is -2.34. The zero-order valence-corrected chi connectivity index (χ0v) is 21.6. The maximum absolute atomic E-state index is 13.4. The first-order valence-corrected chi connectivity index (χ1v) is 12.4. The first-order chi connectivity index (χ1) is 18.5. The Hall–Kier alpha value is -4.12. The Morgan fingerprint density at radius 1 is 1.08 bits per heavy atom. The molecular formula is C28H27F3N4O4. The van der Waals surface area contributed by atoms with Crippen molar-refractivity contribution in [2.24, 2.45) is 0 Å². The number of likely N-dealkylation sites (tertiary alicyclic amines) is 1. The molecule has 8 nitrogen and oxygen atoms in total. The number of β-amino-alcohol motifs (C(OH)–C–C–N with tert-alkyl or cyclic N) is 1. The van der Waals surface area contributed by atoms with Crippen LogP contribution in [0, 0.1) is 0 Å². The summed E-state index contributed by atoms with van der Waals surface area (Å²) in [5.41, 5.74) is 1.66. The third-order valence-corrected chi connectivity index (χ3v) is 6.79. The number of imidazole rings is 1. The number of carbonyl (C=O) groups excluding carboxylic acids is 1. The number of pyridine rings is 1. The molecule has 1 N–H and O–H groups in total. The number of hydrogen-bond donors (Lipinski definition) is 1. The quantitative estimate of drug-likeness (QED) is 0.362. The smallest absolute Gasteiger partial charge is 0.495 e. The van der Waals surface area contributed by atoms with E-state index < -0.39 is 12.0 Å². The fourth-order valence-corrected chi connectivity index (χ4v) is 4.86. The average molecular weight is 541 g/mol. The molecule has 4 aromatic rings. The van der Waals surface area contributed by atoms with Gasteiger partial charge in [0.1, 0.15) is 22.9 Å². The van der Waals surface area contributed by atoms with E-state index >= 15 is 0 Å². The van der Waals surface area contributed by atoms with Gasteiger partial charge in [-0.1, -0.05) is 13.8 Å². The van der Waals surface area contributed by atoms with Crippen LogP contribution in [-0.2, 0) is 5.60 Å². The molecule has 3 heterocycles. The highest BCUT2D eigenvalue weighted by atomic mass is 19.4. The topological polar surface area (TPSA) is 89.7 Å². The summed E-state index contributed by atoms with van der Waals surface area (Å²) < 4.78 is 48.8. The minimum absolute atomic E-state index is 0.00675. The molecule has 11 heteroatoms. The van der Waals surface area contributed by atoms with Crippen LogP contribution in [0.25, 0.3) is 16.7 Å². The number of carbonyl (C=O) groups is 1. The van der Waals surface area contributed by atoms with Crippen molar-refractivity contribution in [1.29, 1.82) is 0 Å². The number of methoxy groups -OCH3 is 1. The van der Waals surface area contributed by atoms with Crippen molar-refractivity contribution in [3.8, 4) is 17.2 Å². The zero-order valence-electron chi connectivity index (χ0n) is 21.6. The van der Waals surface area contributed by atoms with E-state index in [-0.39, 0.29) is 24.1 Å². The fourth-order valence-electron chi connectivity index (χ4n) is 4.86. The molecule has 39 heavy (non-hydrogen) atoms. The van der Waals surface area contributed by atoms with Crippen molar-refractivity contribution >= 4 is 16.9 Å². The predicted octanol–water partition coefficient (Wildman–Crippen LogP) is 5.18. The predicted molar refractivity (Wildman–Crippen MR) is 137 cm³/mol. The largest absolute Gasteiger partial charge is 0.573 e. The number of amides is 1. The van der Waals surface area contributed by atoms with Crippen molar-refractivity contribution in [1.82, 2.24) is 19.4 Å². The standard InChI is InChI=1S/C28H27F3N4O4/c1-17(2)25-33-23-12-18(4-9-24(23)35(25)20-5-7-21(8-6-20)39-28(29,30)31)26(36)34-11-10-27(37,16-34)19-13-22(38-3)15-32-14-19/h4-9,12-15,17,37H,10-11,16H2,1-3H3. The number of benzene rings is 2. The van der Waals surface area contributed by atoms with Gasteiger partial charge in [-0.25, -0.2) is 4.98 Å². The van der Waals surface area contributed by atoms with Gasteiger partial charge < -0.3 is 19.5 Å². The number of fused-ring (bicyclic) bond motifs is 1. The van der Waals surface area contributed by atoms with Crippen molar-refractivity contribution in [3.63, 3.8) is 0 Å². The van der Waals surface area contributed by atoms with E-state index in [0.29, 0.717) is 52.4 Å². The highest BCUT2D eigenvalue weighted by Crippen LogP contribution is 2.35. The molecule has 5 rings (SSSR count). The maximum atomic E-state index is 13.4. The second-order valence-electron chi connectivity index (χ2n) is 9.83. The Morgan fingerprint density at radius 2 is 1.82 bits per heavy atom. The Balaban J connectivity index is 1.43. The first kappa shape index (κ1) is 26.5. The van der Waals surface area contributed by atoms with E-state index in [1.54, 1.807) is 41.6 Å². The number of ether oxygens (including phenoxy) is 2. The summed E-state index contributed by atoms with van der Waals surface area (Å²) in [5.74, 6) is 0.658. The number of rotatable bonds is 6. The Kier molecular flexibility index (Phi) is 6.71. The highest BCUT2D eigenvalue weighted by molar-refractivity contribution is 5.98. The third kappa shape index (κ3) is 5.26. The van der Waals surface area contributed by atoms with E-state index in [4.69, 9.17) is 9.72 Å². The summed E-state index contributed by atoms with van der Waals surface area (Å²) in [7, 11) is 1.52. The normalized spacial score (nSPS) is 17.7. The van der Waals surface area contributed by atoms with Crippen LogP contribution in [0.5, 0.6) is 11.5 Å². The van der Waals surface area contributed by atoms with Gasteiger partial charge in [-0.2, -0.15) is 0 Å². The summed E-state index contributed by atoms with van der Waals surface area (Å²) in [4.78, 5) is 23.9. The minimum Gasteiger partial charge on any atom is -0.495 e. The zero-order chi connectivity index (χ0) is 27.9. The molecule has 1 fully saturated rings. The molecule has 0 aliphatic carbocycles. The molecule has 2 aromatic heterocycles. The van der Waals surface area contributed by atoms with Gasteiger partial charge in [0.05, 0.1) is 30.9 Å². The molecule has 0 bridgehead atoms. The molecule has 0 saturated carbocycles. The molecule has 0 radical (unpaired) electrons. The molecule has 204 valence electrons. The summed E-state index contributed by atoms with van der Waals surface area (Å²) >= 11 is 0. The van der Waals surface area contributed by atoms with Crippen LogP contribution < -0.4 is 9.47 Å². The Morgan fingerprint density at radius 3 is 2.49 bits per heavy atom. The van der Waals surface area contributed by atoms with Crippen LogP contribution in [0.3, 0.4) is 0 Å². The highest BCUT2D eigenvalue weighted by Gasteiger charge is 2.40. The van der Waals surface area contributed by atoms with Crippen LogP contribution >= 0.6 is 0 Å². The van der Waals surface area contributed by atoms with Crippen LogP contribution in [0.4, 0.5) is 13.2 Å². The molecule has 1 unspecified atom stereocenters. The molecule has 1 atom stereocenters. The molecular weight excluding hydrogens is 513 g/mol. The molecule has 1 aliphatic heterocycles. The van der Waals surface area contributed by atoms with Crippen LogP contribution in [0.2, 0.25) is 0 Å². The van der Waals surface area contributed by atoms with Crippen molar-refractivity contribution in [3.05, 3.63) is 77.9 Å². The number of halogens is 3. The summed E-state index contributed by atoms with van der Waals surface area (Å²) in [6, 6.07) is 12.5. The fraction of sp³-hybridized carbons (Fsp3) is 0.321. The summed E-state index contributed by atoms with van der Waals surface area (Å²) in [6.45, 7) is 4.40. The van der Waals surface area contributed by atoms with E-state index in [1.807, 2.05) is 18.4 Å². The molecule has 0 spiro atoms.